The summed E-state index contributed by atoms with van der Waals surface area (Å²) in [6, 6.07) is 1.08. The first-order valence-electron chi connectivity index (χ1n) is 9.66. The van der Waals surface area contributed by atoms with Crippen LogP contribution in [0.1, 0.15) is 71.1 Å². The molecular weight excluding hydrogens is 300 g/mol. The lowest BCUT2D eigenvalue weighted by atomic mass is 9.95. The maximum Gasteiger partial charge on any atom is 0.246 e. The molecule has 0 bridgehead atoms. The number of hydrogen-bond acceptors (Lipinski definition) is 2. The fourth-order valence-electron chi connectivity index (χ4n) is 3.50. The molecule has 0 radical (unpaired) electrons. The van der Waals surface area contributed by atoms with Gasteiger partial charge in [0.15, 0.2) is 5.96 Å². The Hall–Kier alpha value is -1.52. The summed E-state index contributed by atoms with van der Waals surface area (Å²) in [5.74, 6) is 0.839. The average Bonchev–Trinajstić information content (AvgIpc) is 2.60. The molecule has 24 heavy (non-hydrogen) atoms. The number of nitrogens with one attached hydrogen (secondary N) is 3. The van der Waals surface area contributed by atoms with Crippen molar-refractivity contribution >= 4 is 11.9 Å². The second-order valence-electron chi connectivity index (χ2n) is 7.23. The molecule has 0 heterocycles. The monoisotopic (exact) mass is 334 g/mol. The van der Waals surface area contributed by atoms with E-state index in [1.54, 1.807) is 6.92 Å². The minimum atomic E-state index is -0.0905. The van der Waals surface area contributed by atoms with Crippen LogP contribution in [0.15, 0.2) is 17.1 Å². The van der Waals surface area contributed by atoms with E-state index in [0.717, 1.165) is 5.96 Å². The average molecular weight is 335 g/mol. The van der Waals surface area contributed by atoms with Crippen LogP contribution in [0.5, 0.6) is 0 Å². The zero-order valence-corrected chi connectivity index (χ0v) is 15.2. The molecule has 3 N–H and O–H groups in total. The Labute approximate surface area is 146 Å². The summed E-state index contributed by atoms with van der Waals surface area (Å²) >= 11 is 0. The highest BCUT2D eigenvalue weighted by atomic mass is 16.1. The Morgan fingerprint density at radius 2 is 1.46 bits per heavy atom. The van der Waals surface area contributed by atoms with Crippen molar-refractivity contribution in [3.8, 4) is 0 Å². The Balaban J connectivity index is 1.83. The molecule has 0 unspecified atom stereocenters. The summed E-state index contributed by atoms with van der Waals surface area (Å²) in [5, 5.41) is 10.1. The van der Waals surface area contributed by atoms with Gasteiger partial charge in [-0.05, 0) is 32.6 Å². The van der Waals surface area contributed by atoms with E-state index in [2.05, 4.69) is 22.5 Å². The first-order valence-corrected chi connectivity index (χ1v) is 9.66. The molecule has 0 aromatic carbocycles. The maximum absolute atomic E-state index is 11.5. The standard InChI is InChI=1S/C19H34N4O/c1-15(2)18(24)20-13-14-21-19(22-16-9-5-3-6-10-16)23-17-11-7-4-8-12-17/h16-17H,1,3-14H2,2H3,(H,20,24)(H2,21,22,23). The van der Waals surface area contributed by atoms with Crippen LogP contribution in [-0.4, -0.2) is 37.0 Å². The van der Waals surface area contributed by atoms with Crippen molar-refractivity contribution in [3.05, 3.63) is 12.2 Å². The van der Waals surface area contributed by atoms with E-state index in [9.17, 15) is 4.79 Å². The molecule has 136 valence electrons. The van der Waals surface area contributed by atoms with Crippen LogP contribution in [0.3, 0.4) is 0 Å². The minimum absolute atomic E-state index is 0.0905. The molecule has 1 amide bonds. The largest absolute Gasteiger partial charge is 0.354 e. The SMILES string of the molecule is C=C(C)C(=O)NCCN=C(NC1CCCCC1)NC1CCCCC1. The molecule has 0 aliphatic heterocycles. The van der Waals surface area contributed by atoms with Crippen LogP contribution in [0, 0.1) is 0 Å². The highest BCUT2D eigenvalue weighted by Gasteiger charge is 2.18. The maximum atomic E-state index is 11.5. The summed E-state index contributed by atoms with van der Waals surface area (Å²) in [6.07, 6.45) is 12.9. The van der Waals surface area contributed by atoms with E-state index >= 15 is 0 Å². The van der Waals surface area contributed by atoms with Gasteiger partial charge < -0.3 is 16.0 Å². The number of rotatable bonds is 6. The third-order valence-electron chi connectivity index (χ3n) is 4.95. The summed E-state index contributed by atoms with van der Waals surface area (Å²) in [6.45, 7) is 6.51. The van der Waals surface area contributed by atoms with Crippen LogP contribution in [0.4, 0.5) is 0 Å². The number of carbonyl (C=O) groups excluding carboxylic acids is 1. The molecule has 5 nitrogen and oxygen atoms in total. The van der Waals surface area contributed by atoms with Gasteiger partial charge in [-0.15, -0.1) is 0 Å². The Bertz CT molecular complexity index is 413. The molecule has 5 heteroatoms. The van der Waals surface area contributed by atoms with Gasteiger partial charge in [0.05, 0.1) is 6.54 Å². The number of hydrogen-bond donors (Lipinski definition) is 3. The van der Waals surface area contributed by atoms with E-state index in [0.29, 0.717) is 30.7 Å². The normalized spacial score (nSPS) is 19.4. The lowest BCUT2D eigenvalue weighted by Crippen LogP contribution is -2.48. The van der Waals surface area contributed by atoms with Gasteiger partial charge in [0.1, 0.15) is 0 Å². The molecule has 0 spiro atoms. The lowest BCUT2D eigenvalue weighted by molar-refractivity contribution is -0.117. The highest BCUT2D eigenvalue weighted by molar-refractivity contribution is 5.92. The minimum Gasteiger partial charge on any atom is -0.354 e. The summed E-state index contributed by atoms with van der Waals surface area (Å²) in [7, 11) is 0. The van der Waals surface area contributed by atoms with Gasteiger partial charge in [0, 0.05) is 24.2 Å². The predicted molar refractivity (Wildman–Crippen MR) is 100 cm³/mol. The van der Waals surface area contributed by atoms with Crippen LogP contribution < -0.4 is 16.0 Å². The van der Waals surface area contributed by atoms with Crippen LogP contribution >= 0.6 is 0 Å². The van der Waals surface area contributed by atoms with Gasteiger partial charge >= 0.3 is 0 Å². The number of aliphatic imine (C=N–C) groups is 1. The quantitative estimate of drug-likeness (QED) is 0.303. The van der Waals surface area contributed by atoms with Gasteiger partial charge in [-0.3, -0.25) is 9.79 Å². The van der Waals surface area contributed by atoms with Gasteiger partial charge in [-0.1, -0.05) is 45.1 Å². The molecule has 2 aliphatic rings. The second-order valence-corrected chi connectivity index (χ2v) is 7.23. The summed E-state index contributed by atoms with van der Waals surface area (Å²) < 4.78 is 0. The van der Waals surface area contributed by atoms with Gasteiger partial charge in [-0.2, -0.15) is 0 Å². The van der Waals surface area contributed by atoms with Crippen LogP contribution in [0.2, 0.25) is 0 Å². The fourth-order valence-corrected chi connectivity index (χ4v) is 3.50. The highest BCUT2D eigenvalue weighted by Crippen LogP contribution is 2.19. The van der Waals surface area contributed by atoms with Crippen molar-refractivity contribution in [1.29, 1.82) is 0 Å². The van der Waals surface area contributed by atoms with Crippen LogP contribution in [0.25, 0.3) is 0 Å². The van der Waals surface area contributed by atoms with Crippen molar-refractivity contribution in [2.24, 2.45) is 4.99 Å². The molecule has 0 aromatic heterocycles. The molecule has 0 saturated heterocycles. The smallest absolute Gasteiger partial charge is 0.246 e. The fraction of sp³-hybridized carbons (Fsp3) is 0.789. The zero-order valence-electron chi connectivity index (χ0n) is 15.2. The molecule has 2 aliphatic carbocycles. The number of guanidine groups is 1. The number of amides is 1. The van der Waals surface area contributed by atoms with Crippen molar-refractivity contribution in [1.82, 2.24) is 16.0 Å². The number of nitrogens with zero attached hydrogens (tertiary/aromatic N) is 1. The van der Waals surface area contributed by atoms with Crippen molar-refractivity contribution in [2.45, 2.75) is 83.2 Å². The molecule has 2 rings (SSSR count). The van der Waals surface area contributed by atoms with Crippen molar-refractivity contribution in [2.75, 3.05) is 13.1 Å². The Kier molecular flexibility index (Phi) is 8.13. The molecule has 2 fully saturated rings. The third kappa shape index (κ3) is 6.93. The summed E-state index contributed by atoms with van der Waals surface area (Å²) in [4.78, 5) is 16.2. The lowest BCUT2D eigenvalue weighted by Gasteiger charge is -2.29. The van der Waals surface area contributed by atoms with E-state index in [-0.39, 0.29) is 5.91 Å². The van der Waals surface area contributed by atoms with Crippen molar-refractivity contribution < 1.29 is 4.79 Å². The molecule has 2 saturated carbocycles. The van der Waals surface area contributed by atoms with Crippen molar-refractivity contribution in [3.63, 3.8) is 0 Å². The second kappa shape index (κ2) is 10.4. The topological polar surface area (TPSA) is 65.5 Å². The predicted octanol–water partition coefficient (Wildman–Crippen LogP) is 2.88. The van der Waals surface area contributed by atoms with Gasteiger partial charge in [0.25, 0.3) is 0 Å². The van der Waals surface area contributed by atoms with Gasteiger partial charge in [0.2, 0.25) is 5.91 Å². The van der Waals surface area contributed by atoms with E-state index in [4.69, 9.17) is 4.99 Å². The first kappa shape index (κ1) is 18.8. The Morgan fingerprint density at radius 3 is 1.92 bits per heavy atom. The Morgan fingerprint density at radius 1 is 0.958 bits per heavy atom. The van der Waals surface area contributed by atoms with E-state index in [1.807, 2.05) is 0 Å². The first-order chi connectivity index (χ1) is 11.6. The summed E-state index contributed by atoms with van der Waals surface area (Å²) in [5.41, 5.74) is 0.542. The number of carbonyl (C=O) groups is 1. The van der Waals surface area contributed by atoms with E-state index in [1.165, 1.54) is 64.2 Å². The molecule has 0 aromatic rings. The van der Waals surface area contributed by atoms with Crippen LogP contribution in [-0.2, 0) is 4.79 Å². The zero-order chi connectivity index (χ0) is 17.2. The molecular formula is C19H34N4O. The van der Waals surface area contributed by atoms with Gasteiger partial charge in [-0.25, -0.2) is 0 Å². The molecule has 0 atom stereocenters. The van der Waals surface area contributed by atoms with E-state index < -0.39 is 0 Å². The third-order valence-corrected chi connectivity index (χ3v) is 4.95.